The molecule has 256 valence electrons. The fraction of sp³-hybridized carbons (Fsp3) is 0.289. The van der Waals surface area contributed by atoms with Crippen LogP contribution in [0.4, 0.5) is 4.79 Å². The number of amides is 1. The van der Waals surface area contributed by atoms with E-state index in [0.29, 0.717) is 25.6 Å². The standard InChI is InChI=1S/C38H39NO10/c40-36(41)30-11-7-27(8-12-30)24-48-33-21-39(38(44)45)22-34(49-25-28-9-13-31(14-10-28)37(42)43)35(33)29-15-17-32(18-16-29)47-20-4-19-46-23-26-5-2-1-3-6-26/h1-3,5-18,33-35H,4,19-25H2,(H,40,41)(H,42,43)(H,44,45)/t33-,34+,35?. The molecule has 1 aliphatic heterocycles. The number of piperidine rings is 1. The van der Waals surface area contributed by atoms with Crippen LogP contribution in [0, 0.1) is 0 Å². The molecule has 1 fully saturated rings. The average molecular weight is 670 g/mol. The number of hydrogen-bond donors (Lipinski definition) is 3. The molecule has 1 amide bonds. The third-order valence-corrected chi connectivity index (χ3v) is 8.28. The number of nitrogens with zero attached hydrogens (tertiary/aromatic N) is 1. The van der Waals surface area contributed by atoms with E-state index in [-0.39, 0.29) is 43.3 Å². The van der Waals surface area contributed by atoms with E-state index >= 15 is 0 Å². The van der Waals surface area contributed by atoms with Gasteiger partial charge in [0.1, 0.15) is 5.75 Å². The van der Waals surface area contributed by atoms with Crippen molar-refractivity contribution in [3.63, 3.8) is 0 Å². The van der Waals surface area contributed by atoms with Gasteiger partial charge in [-0.3, -0.25) is 0 Å². The van der Waals surface area contributed by atoms with Crippen molar-refractivity contribution < 1.29 is 48.7 Å². The van der Waals surface area contributed by atoms with Gasteiger partial charge in [-0.1, -0.05) is 66.7 Å². The summed E-state index contributed by atoms with van der Waals surface area (Å²) in [7, 11) is 0. The smallest absolute Gasteiger partial charge is 0.407 e. The minimum Gasteiger partial charge on any atom is -0.494 e. The van der Waals surface area contributed by atoms with Crippen LogP contribution < -0.4 is 4.74 Å². The number of hydrogen-bond acceptors (Lipinski definition) is 7. The summed E-state index contributed by atoms with van der Waals surface area (Å²) < 4.78 is 24.4. The van der Waals surface area contributed by atoms with Gasteiger partial charge in [-0.05, 0) is 58.7 Å². The van der Waals surface area contributed by atoms with Crippen LogP contribution >= 0.6 is 0 Å². The van der Waals surface area contributed by atoms with Gasteiger partial charge >= 0.3 is 18.0 Å². The van der Waals surface area contributed by atoms with Gasteiger partial charge in [0.05, 0.1) is 69.5 Å². The summed E-state index contributed by atoms with van der Waals surface area (Å²) >= 11 is 0. The fourth-order valence-corrected chi connectivity index (χ4v) is 5.67. The predicted molar refractivity (Wildman–Crippen MR) is 179 cm³/mol. The first-order valence-electron chi connectivity index (χ1n) is 16.0. The molecule has 3 N–H and O–H groups in total. The molecule has 11 heteroatoms. The van der Waals surface area contributed by atoms with Gasteiger partial charge in [0.25, 0.3) is 0 Å². The molecule has 1 unspecified atom stereocenters. The van der Waals surface area contributed by atoms with E-state index in [1.54, 1.807) is 24.3 Å². The molecule has 49 heavy (non-hydrogen) atoms. The lowest BCUT2D eigenvalue weighted by Gasteiger charge is -2.42. The Morgan fingerprint density at radius 3 is 1.61 bits per heavy atom. The highest BCUT2D eigenvalue weighted by Crippen LogP contribution is 2.35. The van der Waals surface area contributed by atoms with E-state index in [1.807, 2.05) is 54.6 Å². The molecule has 1 heterocycles. The van der Waals surface area contributed by atoms with Crippen molar-refractivity contribution in [1.82, 2.24) is 4.90 Å². The quantitative estimate of drug-likeness (QED) is 0.116. The maximum atomic E-state index is 12.2. The highest BCUT2D eigenvalue weighted by molar-refractivity contribution is 5.88. The highest BCUT2D eigenvalue weighted by atomic mass is 16.5. The van der Waals surface area contributed by atoms with Crippen molar-refractivity contribution in [2.45, 2.75) is 44.4 Å². The van der Waals surface area contributed by atoms with Crippen molar-refractivity contribution >= 4 is 18.0 Å². The molecular formula is C38H39NO10. The summed E-state index contributed by atoms with van der Waals surface area (Å²) in [6, 6.07) is 30.2. The Morgan fingerprint density at radius 2 is 1.12 bits per heavy atom. The van der Waals surface area contributed by atoms with E-state index in [9.17, 15) is 29.7 Å². The fourth-order valence-electron chi connectivity index (χ4n) is 5.67. The Morgan fingerprint density at radius 1 is 0.612 bits per heavy atom. The second-order valence-corrected chi connectivity index (χ2v) is 11.7. The molecular weight excluding hydrogens is 630 g/mol. The molecule has 0 radical (unpaired) electrons. The van der Waals surface area contributed by atoms with Crippen LogP contribution in [0.2, 0.25) is 0 Å². The number of carboxylic acids is 2. The van der Waals surface area contributed by atoms with Gasteiger partial charge in [-0.15, -0.1) is 0 Å². The highest BCUT2D eigenvalue weighted by Gasteiger charge is 2.41. The Balaban J connectivity index is 1.28. The van der Waals surface area contributed by atoms with Gasteiger partial charge in [-0.25, -0.2) is 14.4 Å². The van der Waals surface area contributed by atoms with Crippen molar-refractivity contribution in [3.05, 3.63) is 137 Å². The Hall–Kier alpha value is -5.23. The topological polar surface area (TPSA) is 152 Å². The maximum Gasteiger partial charge on any atom is 0.407 e. The van der Waals surface area contributed by atoms with Crippen LogP contribution in [-0.4, -0.2) is 76.8 Å². The summed E-state index contributed by atoms with van der Waals surface area (Å²) in [5.41, 5.74) is 3.78. The number of ether oxygens (including phenoxy) is 4. The molecule has 1 aliphatic rings. The molecule has 1 saturated heterocycles. The number of rotatable bonds is 16. The molecule has 4 aromatic rings. The van der Waals surface area contributed by atoms with Gasteiger partial charge in [0.2, 0.25) is 0 Å². The van der Waals surface area contributed by atoms with Crippen molar-refractivity contribution in [1.29, 1.82) is 0 Å². The Bertz CT molecular complexity index is 1590. The second kappa shape index (κ2) is 17.3. The molecule has 0 aliphatic carbocycles. The van der Waals surface area contributed by atoms with Crippen LogP contribution in [0.1, 0.15) is 55.3 Å². The molecule has 0 saturated carbocycles. The van der Waals surface area contributed by atoms with Crippen molar-refractivity contribution in [2.75, 3.05) is 26.3 Å². The third kappa shape index (κ3) is 10.1. The van der Waals surface area contributed by atoms with Crippen molar-refractivity contribution in [3.8, 4) is 5.75 Å². The van der Waals surface area contributed by atoms with Crippen LogP contribution in [0.5, 0.6) is 5.75 Å². The van der Waals surface area contributed by atoms with Crippen LogP contribution in [0.25, 0.3) is 0 Å². The monoisotopic (exact) mass is 669 g/mol. The molecule has 3 atom stereocenters. The zero-order chi connectivity index (χ0) is 34.6. The summed E-state index contributed by atoms with van der Waals surface area (Å²) in [6.07, 6.45) is -1.59. The van der Waals surface area contributed by atoms with E-state index in [4.69, 9.17) is 18.9 Å². The van der Waals surface area contributed by atoms with E-state index in [2.05, 4.69) is 0 Å². The van der Waals surface area contributed by atoms with E-state index < -0.39 is 30.2 Å². The zero-order valence-corrected chi connectivity index (χ0v) is 26.9. The zero-order valence-electron chi connectivity index (χ0n) is 26.9. The molecule has 4 aromatic carbocycles. The molecule has 0 spiro atoms. The van der Waals surface area contributed by atoms with Crippen LogP contribution in [0.15, 0.2) is 103 Å². The number of likely N-dealkylation sites (tertiary alicyclic amines) is 1. The molecule has 0 aromatic heterocycles. The largest absolute Gasteiger partial charge is 0.494 e. The maximum absolute atomic E-state index is 12.2. The summed E-state index contributed by atoms with van der Waals surface area (Å²) in [4.78, 5) is 36.0. The van der Waals surface area contributed by atoms with Gasteiger partial charge in [-0.2, -0.15) is 0 Å². The van der Waals surface area contributed by atoms with Gasteiger partial charge in [0, 0.05) is 12.3 Å². The summed E-state index contributed by atoms with van der Waals surface area (Å²) in [5.74, 6) is -1.74. The van der Waals surface area contributed by atoms with Crippen LogP contribution in [-0.2, 0) is 34.0 Å². The normalized spacial score (nSPS) is 17.4. The average Bonchev–Trinajstić information content (AvgIpc) is 3.12. The number of benzene rings is 4. The Kier molecular flexibility index (Phi) is 12.4. The first-order valence-corrected chi connectivity index (χ1v) is 16.0. The Labute approximate surface area is 284 Å². The predicted octanol–water partition coefficient (Wildman–Crippen LogP) is 6.32. The lowest BCUT2D eigenvalue weighted by atomic mass is 9.84. The lowest BCUT2D eigenvalue weighted by Crippen LogP contribution is -2.54. The minimum atomic E-state index is -1.10. The van der Waals surface area contributed by atoms with Gasteiger partial charge in [0.15, 0.2) is 0 Å². The molecule has 0 bridgehead atoms. The second-order valence-electron chi connectivity index (χ2n) is 11.7. The first kappa shape index (κ1) is 35.1. The van der Waals surface area contributed by atoms with Gasteiger partial charge < -0.3 is 39.2 Å². The number of aromatic carboxylic acids is 2. The number of carbonyl (C=O) groups is 3. The van der Waals surface area contributed by atoms with E-state index in [1.165, 1.54) is 29.2 Å². The lowest BCUT2D eigenvalue weighted by molar-refractivity contribution is -0.0937. The molecule has 11 nitrogen and oxygen atoms in total. The molecule has 5 rings (SSSR count). The van der Waals surface area contributed by atoms with E-state index in [0.717, 1.165) is 28.7 Å². The summed E-state index contributed by atoms with van der Waals surface area (Å²) in [5, 5.41) is 28.5. The minimum absolute atomic E-state index is 0.0988. The van der Waals surface area contributed by atoms with Crippen molar-refractivity contribution in [2.24, 2.45) is 0 Å². The SMILES string of the molecule is O=C(O)c1ccc(CO[C@H]2CN(C(=O)O)C[C@@H](OCc3ccc(C(=O)O)cc3)C2c2ccc(OCCCOCc3ccccc3)cc2)cc1. The summed E-state index contributed by atoms with van der Waals surface area (Å²) in [6.45, 7) is 2.04. The number of carboxylic acid groups (broad SMARTS) is 3. The third-order valence-electron chi connectivity index (χ3n) is 8.28. The first-order chi connectivity index (χ1) is 23.8. The van der Waals surface area contributed by atoms with Crippen LogP contribution in [0.3, 0.4) is 0 Å².